The second kappa shape index (κ2) is 11.0. The number of nitrogens with zero attached hydrogens (tertiary/aromatic N) is 2. The van der Waals surface area contributed by atoms with Gasteiger partial charge in [0.25, 0.3) is 0 Å². The minimum atomic E-state index is -0.397. The summed E-state index contributed by atoms with van der Waals surface area (Å²) >= 11 is 5.60. The van der Waals surface area contributed by atoms with E-state index in [4.69, 9.17) is 31.2 Å². The molecule has 172 valence electrons. The zero-order valence-electron chi connectivity index (χ0n) is 18.8. The monoisotopic (exact) mass is 459 g/mol. The van der Waals surface area contributed by atoms with Gasteiger partial charge in [0.1, 0.15) is 0 Å². The molecule has 9 heteroatoms. The number of thiocarbonyl (C=S) groups is 1. The molecule has 8 nitrogen and oxygen atoms in total. The van der Waals surface area contributed by atoms with Crippen LogP contribution < -0.4 is 19.5 Å². The van der Waals surface area contributed by atoms with Gasteiger partial charge in [-0.05, 0) is 42.0 Å². The summed E-state index contributed by atoms with van der Waals surface area (Å²) in [6.07, 6.45) is 0. The third-order valence-electron chi connectivity index (χ3n) is 5.36. The first-order valence-electron chi connectivity index (χ1n) is 10.2. The van der Waals surface area contributed by atoms with Crippen molar-refractivity contribution < 1.29 is 23.7 Å². The predicted octanol–water partition coefficient (Wildman–Crippen LogP) is 3.01. The summed E-state index contributed by atoms with van der Waals surface area (Å²) in [4.78, 5) is 16.4. The van der Waals surface area contributed by atoms with Gasteiger partial charge in [0.05, 0.1) is 39.7 Å². The van der Waals surface area contributed by atoms with Crippen LogP contribution in [0.5, 0.6) is 17.2 Å². The van der Waals surface area contributed by atoms with E-state index in [9.17, 15) is 4.79 Å². The fourth-order valence-corrected chi connectivity index (χ4v) is 3.96. The standard InChI is InChI=1S/C23H29N3O5S/c1-28-19-13-16(14-20(29-2)21(19)30-3)15-25-9-11-26(12-10-25)23(32)24-18-8-6-5-7-17(18)22(27)31-4/h5-8,13-14H,9-12,15H2,1-4H3,(H,24,32). The number of anilines is 1. The van der Waals surface area contributed by atoms with Crippen LogP contribution in [0.15, 0.2) is 36.4 Å². The Morgan fingerprint density at radius 2 is 1.59 bits per heavy atom. The highest BCUT2D eigenvalue weighted by Gasteiger charge is 2.22. The SMILES string of the molecule is COC(=O)c1ccccc1NC(=S)N1CCN(Cc2cc(OC)c(OC)c(OC)c2)CC1. The third kappa shape index (κ3) is 5.41. The van der Waals surface area contributed by atoms with E-state index in [2.05, 4.69) is 15.1 Å². The largest absolute Gasteiger partial charge is 0.493 e. The molecule has 2 aromatic rings. The van der Waals surface area contributed by atoms with Crippen molar-refractivity contribution in [3.63, 3.8) is 0 Å². The Morgan fingerprint density at radius 1 is 0.969 bits per heavy atom. The molecule has 1 N–H and O–H groups in total. The van der Waals surface area contributed by atoms with Gasteiger partial charge in [-0.1, -0.05) is 12.1 Å². The number of rotatable bonds is 7. The highest BCUT2D eigenvalue weighted by Crippen LogP contribution is 2.38. The Morgan fingerprint density at radius 3 is 2.16 bits per heavy atom. The summed E-state index contributed by atoms with van der Waals surface area (Å²) in [5, 5.41) is 3.79. The van der Waals surface area contributed by atoms with E-state index in [0.717, 1.165) is 38.3 Å². The van der Waals surface area contributed by atoms with Gasteiger partial charge in [0.15, 0.2) is 16.6 Å². The maximum atomic E-state index is 12.0. The van der Waals surface area contributed by atoms with Gasteiger partial charge in [0.2, 0.25) is 5.75 Å². The normalized spacial score (nSPS) is 13.9. The number of ether oxygens (including phenoxy) is 4. The van der Waals surface area contributed by atoms with Gasteiger partial charge in [-0.3, -0.25) is 4.90 Å². The number of para-hydroxylation sites is 1. The molecular formula is C23H29N3O5S. The van der Waals surface area contributed by atoms with Crippen LogP contribution >= 0.6 is 12.2 Å². The summed E-state index contributed by atoms with van der Waals surface area (Å²) in [6.45, 7) is 4.00. The molecular weight excluding hydrogens is 430 g/mol. The quantitative estimate of drug-likeness (QED) is 0.497. The molecule has 0 aromatic heterocycles. The first-order valence-corrected chi connectivity index (χ1v) is 10.7. The van der Waals surface area contributed by atoms with Gasteiger partial charge in [0, 0.05) is 32.7 Å². The van der Waals surface area contributed by atoms with Crippen molar-refractivity contribution in [2.75, 3.05) is 59.9 Å². The summed E-state index contributed by atoms with van der Waals surface area (Å²) < 4.78 is 21.2. The number of nitrogens with one attached hydrogen (secondary N) is 1. The molecule has 1 saturated heterocycles. The summed E-state index contributed by atoms with van der Waals surface area (Å²) in [5.41, 5.74) is 2.18. The molecule has 1 fully saturated rings. The Labute approximate surface area is 194 Å². The van der Waals surface area contributed by atoms with E-state index in [1.807, 2.05) is 24.3 Å². The van der Waals surface area contributed by atoms with E-state index in [1.54, 1.807) is 33.5 Å². The summed E-state index contributed by atoms with van der Waals surface area (Å²) in [5.74, 6) is 1.49. The number of piperazine rings is 1. The topological polar surface area (TPSA) is 72.5 Å². The molecule has 1 aliphatic rings. The average Bonchev–Trinajstić information content (AvgIpc) is 2.83. The number of benzene rings is 2. The number of hydrogen-bond acceptors (Lipinski definition) is 7. The number of carbonyl (C=O) groups excluding carboxylic acids is 1. The van der Waals surface area contributed by atoms with Crippen LogP contribution in [0.2, 0.25) is 0 Å². The lowest BCUT2D eigenvalue weighted by Gasteiger charge is -2.36. The molecule has 0 spiro atoms. The molecule has 0 bridgehead atoms. The van der Waals surface area contributed by atoms with E-state index in [-0.39, 0.29) is 0 Å². The second-order valence-electron chi connectivity index (χ2n) is 7.26. The summed E-state index contributed by atoms with van der Waals surface area (Å²) in [6, 6.07) is 11.1. The molecule has 0 atom stereocenters. The van der Waals surface area contributed by atoms with Crippen molar-refractivity contribution in [2.24, 2.45) is 0 Å². The Kier molecular flexibility index (Phi) is 8.13. The minimum absolute atomic E-state index is 0.397. The molecule has 0 saturated carbocycles. The second-order valence-corrected chi connectivity index (χ2v) is 7.65. The highest BCUT2D eigenvalue weighted by molar-refractivity contribution is 7.80. The maximum Gasteiger partial charge on any atom is 0.339 e. The third-order valence-corrected chi connectivity index (χ3v) is 5.72. The van der Waals surface area contributed by atoms with Crippen molar-refractivity contribution >= 4 is 29.0 Å². The lowest BCUT2D eigenvalue weighted by Crippen LogP contribution is -2.49. The van der Waals surface area contributed by atoms with Crippen LogP contribution in [0, 0.1) is 0 Å². The molecule has 0 amide bonds. The van der Waals surface area contributed by atoms with Gasteiger partial charge >= 0.3 is 5.97 Å². The zero-order valence-corrected chi connectivity index (χ0v) is 19.7. The number of methoxy groups -OCH3 is 4. The van der Waals surface area contributed by atoms with Crippen LogP contribution in [0.3, 0.4) is 0 Å². The van der Waals surface area contributed by atoms with Crippen molar-refractivity contribution in [1.29, 1.82) is 0 Å². The molecule has 0 aliphatic carbocycles. The van der Waals surface area contributed by atoms with Crippen LogP contribution in [0.4, 0.5) is 5.69 Å². The highest BCUT2D eigenvalue weighted by atomic mass is 32.1. The number of carbonyl (C=O) groups is 1. The van der Waals surface area contributed by atoms with Crippen molar-refractivity contribution in [3.8, 4) is 17.2 Å². The summed E-state index contributed by atoms with van der Waals surface area (Å²) in [7, 11) is 6.20. The smallest absolute Gasteiger partial charge is 0.339 e. The zero-order chi connectivity index (χ0) is 23.1. The first-order chi connectivity index (χ1) is 15.5. The number of esters is 1. The molecule has 2 aromatic carbocycles. The first kappa shape index (κ1) is 23.6. The maximum absolute atomic E-state index is 12.0. The fraction of sp³-hybridized carbons (Fsp3) is 0.391. The van der Waals surface area contributed by atoms with Gasteiger partial charge in [-0.25, -0.2) is 4.79 Å². The van der Waals surface area contributed by atoms with Crippen LogP contribution in [0.1, 0.15) is 15.9 Å². The molecule has 0 unspecified atom stereocenters. The van der Waals surface area contributed by atoms with Crippen LogP contribution in [-0.4, -0.2) is 75.5 Å². The number of hydrogen-bond donors (Lipinski definition) is 1. The van der Waals surface area contributed by atoms with Gasteiger partial charge < -0.3 is 29.2 Å². The Hall–Kier alpha value is -3.04. The van der Waals surface area contributed by atoms with E-state index in [0.29, 0.717) is 33.6 Å². The fourth-order valence-electron chi connectivity index (χ4n) is 3.67. The van der Waals surface area contributed by atoms with Crippen molar-refractivity contribution in [3.05, 3.63) is 47.5 Å². The van der Waals surface area contributed by atoms with E-state index >= 15 is 0 Å². The predicted molar refractivity (Wildman–Crippen MR) is 127 cm³/mol. The van der Waals surface area contributed by atoms with Gasteiger partial charge in [-0.15, -0.1) is 0 Å². The van der Waals surface area contributed by atoms with Crippen molar-refractivity contribution in [1.82, 2.24) is 9.80 Å². The molecule has 0 radical (unpaired) electrons. The molecule has 1 aliphatic heterocycles. The lowest BCUT2D eigenvalue weighted by molar-refractivity contribution is 0.0602. The Bertz CT molecular complexity index is 935. The minimum Gasteiger partial charge on any atom is -0.493 e. The van der Waals surface area contributed by atoms with E-state index < -0.39 is 5.97 Å². The molecule has 1 heterocycles. The van der Waals surface area contributed by atoms with E-state index in [1.165, 1.54) is 7.11 Å². The van der Waals surface area contributed by atoms with Crippen LogP contribution in [0.25, 0.3) is 0 Å². The Balaban J connectivity index is 1.60. The molecule has 32 heavy (non-hydrogen) atoms. The van der Waals surface area contributed by atoms with Crippen LogP contribution in [-0.2, 0) is 11.3 Å². The van der Waals surface area contributed by atoms with Crippen molar-refractivity contribution in [2.45, 2.75) is 6.54 Å². The molecule has 3 rings (SSSR count). The lowest BCUT2D eigenvalue weighted by atomic mass is 10.1. The average molecular weight is 460 g/mol. The van der Waals surface area contributed by atoms with Gasteiger partial charge in [-0.2, -0.15) is 0 Å².